The topological polar surface area (TPSA) is 75.1 Å². The van der Waals surface area contributed by atoms with Crippen molar-refractivity contribution < 1.29 is 0 Å². The van der Waals surface area contributed by atoms with Gasteiger partial charge < -0.3 is 5.32 Å². The van der Waals surface area contributed by atoms with Gasteiger partial charge in [0.25, 0.3) is 0 Å². The van der Waals surface area contributed by atoms with E-state index in [0.29, 0.717) is 0 Å². The van der Waals surface area contributed by atoms with Gasteiger partial charge in [0.1, 0.15) is 16.2 Å². The van der Waals surface area contributed by atoms with Gasteiger partial charge in [-0.15, -0.1) is 22.7 Å². The van der Waals surface area contributed by atoms with E-state index in [2.05, 4.69) is 36.9 Å². The molecular weight excluding hydrogens is 328 g/mol. The van der Waals surface area contributed by atoms with E-state index in [4.69, 9.17) is 0 Å². The average molecular weight is 344 g/mol. The van der Waals surface area contributed by atoms with Crippen molar-refractivity contribution in [3.63, 3.8) is 0 Å². The molecule has 3 aromatic rings. The van der Waals surface area contributed by atoms with Gasteiger partial charge in [0.05, 0.1) is 17.3 Å². The number of hydrogen-bond donors (Lipinski definition) is 2. The summed E-state index contributed by atoms with van der Waals surface area (Å²) in [5.74, 6) is 1.48. The lowest BCUT2D eigenvalue weighted by molar-refractivity contribution is 0.797. The van der Waals surface area contributed by atoms with E-state index in [1.807, 2.05) is 12.4 Å². The number of rotatable bonds is 6. The van der Waals surface area contributed by atoms with Crippen molar-refractivity contribution in [1.29, 1.82) is 0 Å². The number of fused-ring (bicyclic) bond motifs is 1. The Bertz CT molecular complexity index is 849. The Morgan fingerprint density at radius 2 is 2.30 bits per heavy atom. The molecule has 0 saturated heterocycles. The standard InChI is InChI=1S/C15H16N6S2/c1-16-5-10-7-22-13(20-10)6-19-21-14-11-4-12(9-2-3-9)23-15(11)18-8-17-14/h4,6-9,16H,2-3,5H2,1H3,(H,17,18,21). The Labute approximate surface area is 141 Å². The van der Waals surface area contributed by atoms with Gasteiger partial charge in [-0.2, -0.15) is 5.10 Å². The van der Waals surface area contributed by atoms with Crippen LogP contribution in [0.25, 0.3) is 10.2 Å². The summed E-state index contributed by atoms with van der Waals surface area (Å²) in [6.07, 6.45) is 5.90. The summed E-state index contributed by atoms with van der Waals surface area (Å²) >= 11 is 3.33. The molecule has 6 nitrogen and oxygen atoms in total. The molecule has 23 heavy (non-hydrogen) atoms. The summed E-state index contributed by atoms with van der Waals surface area (Å²) in [4.78, 5) is 15.6. The van der Waals surface area contributed by atoms with E-state index in [0.717, 1.165) is 39.2 Å². The fraction of sp³-hybridized carbons (Fsp3) is 0.333. The normalized spacial score (nSPS) is 14.8. The van der Waals surface area contributed by atoms with Gasteiger partial charge in [0.2, 0.25) is 0 Å². The first-order chi connectivity index (χ1) is 11.3. The van der Waals surface area contributed by atoms with Crippen molar-refractivity contribution in [2.75, 3.05) is 12.5 Å². The highest BCUT2D eigenvalue weighted by Crippen LogP contribution is 2.45. The number of hydrazone groups is 1. The maximum Gasteiger partial charge on any atom is 0.158 e. The maximum atomic E-state index is 4.47. The van der Waals surface area contributed by atoms with E-state index in [1.54, 1.807) is 35.2 Å². The van der Waals surface area contributed by atoms with E-state index < -0.39 is 0 Å². The minimum atomic E-state index is 0.728. The SMILES string of the molecule is CNCc1csc(C=NNc2ncnc3sc(C4CC4)cc23)n1. The highest BCUT2D eigenvalue weighted by Gasteiger charge is 2.26. The van der Waals surface area contributed by atoms with Crippen LogP contribution in [0, 0.1) is 0 Å². The van der Waals surface area contributed by atoms with Crippen LogP contribution in [-0.2, 0) is 6.54 Å². The molecule has 118 valence electrons. The maximum absolute atomic E-state index is 4.47. The van der Waals surface area contributed by atoms with Gasteiger partial charge in [0.15, 0.2) is 5.82 Å². The lowest BCUT2D eigenvalue weighted by atomic mass is 10.3. The van der Waals surface area contributed by atoms with Gasteiger partial charge in [-0.25, -0.2) is 15.0 Å². The van der Waals surface area contributed by atoms with Crippen LogP contribution in [0.4, 0.5) is 5.82 Å². The monoisotopic (exact) mass is 344 g/mol. The number of thiophene rings is 1. The molecule has 0 atom stereocenters. The molecule has 4 rings (SSSR count). The highest BCUT2D eigenvalue weighted by molar-refractivity contribution is 7.18. The zero-order chi connectivity index (χ0) is 15.6. The molecule has 1 fully saturated rings. The smallest absolute Gasteiger partial charge is 0.158 e. The Morgan fingerprint density at radius 3 is 3.13 bits per heavy atom. The van der Waals surface area contributed by atoms with E-state index >= 15 is 0 Å². The third-order valence-electron chi connectivity index (χ3n) is 3.60. The molecule has 0 radical (unpaired) electrons. The second-order valence-electron chi connectivity index (χ2n) is 5.44. The first-order valence-corrected chi connectivity index (χ1v) is 9.15. The zero-order valence-electron chi connectivity index (χ0n) is 12.6. The minimum Gasteiger partial charge on any atom is -0.314 e. The fourth-order valence-electron chi connectivity index (χ4n) is 2.33. The van der Waals surface area contributed by atoms with Crippen LogP contribution in [0.3, 0.4) is 0 Å². The van der Waals surface area contributed by atoms with Gasteiger partial charge in [-0.3, -0.25) is 5.43 Å². The summed E-state index contributed by atoms with van der Waals surface area (Å²) in [6.45, 7) is 0.767. The number of nitrogens with zero attached hydrogens (tertiary/aromatic N) is 4. The number of aromatic nitrogens is 3. The number of hydrogen-bond acceptors (Lipinski definition) is 8. The van der Waals surface area contributed by atoms with E-state index in [9.17, 15) is 0 Å². The van der Waals surface area contributed by atoms with Gasteiger partial charge in [0, 0.05) is 16.8 Å². The van der Waals surface area contributed by atoms with Gasteiger partial charge in [-0.1, -0.05) is 0 Å². The summed E-state index contributed by atoms with van der Waals surface area (Å²) in [5, 5.41) is 11.3. The molecule has 3 heterocycles. The molecule has 3 aromatic heterocycles. The van der Waals surface area contributed by atoms with Gasteiger partial charge >= 0.3 is 0 Å². The third-order valence-corrected chi connectivity index (χ3v) is 5.63. The minimum absolute atomic E-state index is 0.728. The quantitative estimate of drug-likeness (QED) is 0.530. The lowest BCUT2D eigenvalue weighted by Gasteiger charge is -1.99. The van der Waals surface area contributed by atoms with Crippen LogP contribution in [0.5, 0.6) is 0 Å². The fourth-order valence-corrected chi connectivity index (χ4v) is 4.17. The molecule has 1 aliphatic rings. The molecule has 0 spiro atoms. The zero-order valence-corrected chi connectivity index (χ0v) is 14.2. The largest absolute Gasteiger partial charge is 0.314 e. The van der Waals surface area contributed by atoms with Crippen molar-refractivity contribution in [3.05, 3.63) is 33.4 Å². The lowest BCUT2D eigenvalue weighted by Crippen LogP contribution is -2.05. The summed E-state index contributed by atoms with van der Waals surface area (Å²) in [6, 6.07) is 2.20. The molecule has 0 bridgehead atoms. The van der Waals surface area contributed by atoms with Crippen LogP contribution >= 0.6 is 22.7 Å². The van der Waals surface area contributed by atoms with Crippen LogP contribution in [0.15, 0.2) is 22.9 Å². The first-order valence-electron chi connectivity index (χ1n) is 7.46. The van der Waals surface area contributed by atoms with Crippen molar-refractivity contribution in [2.24, 2.45) is 5.10 Å². The number of nitrogens with one attached hydrogen (secondary N) is 2. The summed E-state index contributed by atoms with van der Waals surface area (Å²) in [7, 11) is 1.91. The van der Waals surface area contributed by atoms with Gasteiger partial charge in [-0.05, 0) is 31.9 Å². The predicted molar refractivity (Wildman–Crippen MR) is 95.5 cm³/mol. The Morgan fingerprint density at radius 1 is 1.39 bits per heavy atom. The Balaban J connectivity index is 1.51. The van der Waals surface area contributed by atoms with Crippen LogP contribution < -0.4 is 10.7 Å². The van der Waals surface area contributed by atoms with Crippen molar-refractivity contribution >= 4 is 44.9 Å². The second kappa shape index (κ2) is 6.31. The van der Waals surface area contributed by atoms with Crippen LogP contribution in [-0.4, -0.2) is 28.2 Å². The third kappa shape index (κ3) is 3.24. The Hall–Kier alpha value is -1.90. The molecule has 1 saturated carbocycles. The first kappa shape index (κ1) is 14.7. The molecule has 8 heteroatoms. The molecule has 0 aliphatic heterocycles. The molecule has 1 aliphatic carbocycles. The molecule has 2 N–H and O–H groups in total. The van der Waals surface area contributed by atoms with E-state index in [-0.39, 0.29) is 0 Å². The van der Waals surface area contributed by atoms with Crippen molar-refractivity contribution in [1.82, 2.24) is 20.3 Å². The molecule has 0 aromatic carbocycles. The van der Waals surface area contributed by atoms with Crippen molar-refractivity contribution in [3.8, 4) is 0 Å². The summed E-state index contributed by atoms with van der Waals surface area (Å²) < 4.78 is 0. The van der Waals surface area contributed by atoms with Crippen LogP contribution in [0.2, 0.25) is 0 Å². The van der Waals surface area contributed by atoms with Crippen LogP contribution in [0.1, 0.15) is 34.3 Å². The number of anilines is 1. The van der Waals surface area contributed by atoms with Crippen molar-refractivity contribution in [2.45, 2.75) is 25.3 Å². The number of thiazole rings is 1. The Kier molecular flexibility index (Phi) is 4.02. The molecule has 0 amide bonds. The second-order valence-corrected chi connectivity index (χ2v) is 7.39. The molecule has 0 unspecified atom stereocenters. The average Bonchev–Trinajstić information content (AvgIpc) is 3.15. The summed E-state index contributed by atoms with van der Waals surface area (Å²) in [5.41, 5.74) is 4.05. The highest BCUT2D eigenvalue weighted by atomic mass is 32.1. The molecular formula is C15H16N6S2. The predicted octanol–water partition coefficient (Wildman–Crippen LogP) is 3.19. The van der Waals surface area contributed by atoms with E-state index in [1.165, 1.54) is 17.7 Å².